The highest BCUT2D eigenvalue weighted by molar-refractivity contribution is 7.17. The van der Waals surface area contributed by atoms with Crippen molar-refractivity contribution in [3.63, 3.8) is 0 Å². The quantitative estimate of drug-likeness (QED) is 0.763. The zero-order valence-electron chi connectivity index (χ0n) is 12.2. The van der Waals surface area contributed by atoms with Crippen molar-refractivity contribution in [1.82, 2.24) is 5.32 Å². The smallest absolute Gasteiger partial charge is 0.251 e. The molecule has 0 spiro atoms. The summed E-state index contributed by atoms with van der Waals surface area (Å²) in [7, 11) is 0. The van der Waals surface area contributed by atoms with Crippen LogP contribution in [0, 0.1) is 12.7 Å². The predicted molar refractivity (Wildman–Crippen MR) is 89.0 cm³/mol. The van der Waals surface area contributed by atoms with Gasteiger partial charge in [-0.2, -0.15) is 0 Å². The summed E-state index contributed by atoms with van der Waals surface area (Å²) in [5.74, 6) is -0.588. The molecular formula is C18H16FNOS. The SMILES string of the molecule is Cc1ccc(C(=O)NCCc2csc3ccccc23)cc1F. The van der Waals surface area contributed by atoms with Crippen molar-refractivity contribution in [2.45, 2.75) is 13.3 Å². The van der Waals surface area contributed by atoms with Crippen LogP contribution in [0.1, 0.15) is 21.5 Å². The highest BCUT2D eigenvalue weighted by Crippen LogP contribution is 2.25. The number of amides is 1. The normalized spacial score (nSPS) is 10.8. The molecule has 0 saturated heterocycles. The molecule has 1 N–H and O–H groups in total. The van der Waals surface area contributed by atoms with Crippen LogP contribution in [0.2, 0.25) is 0 Å². The summed E-state index contributed by atoms with van der Waals surface area (Å²) in [6.07, 6.45) is 0.768. The number of hydrogen-bond donors (Lipinski definition) is 1. The van der Waals surface area contributed by atoms with E-state index in [4.69, 9.17) is 0 Å². The lowest BCUT2D eigenvalue weighted by Gasteiger charge is -2.06. The number of thiophene rings is 1. The van der Waals surface area contributed by atoms with Crippen LogP contribution in [0.25, 0.3) is 10.1 Å². The number of rotatable bonds is 4. The summed E-state index contributed by atoms with van der Waals surface area (Å²) in [5, 5.41) is 6.21. The molecule has 2 nitrogen and oxygen atoms in total. The van der Waals surface area contributed by atoms with E-state index in [1.165, 1.54) is 21.7 Å². The van der Waals surface area contributed by atoms with Crippen LogP contribution in [0.15, 0.2) is 47.8 Å². The molecule has 0 saturated carbocycles. The van der Waals surface area contributed by atoms with E-state index in [1.807, 2.05) is 12.1 Å². The third-order valence-electron chi connectivity index (χ3n) is 3.68. The summed E-state index contributed by atoms with van der Waals surface area (Å²) in [5.41, 5.74) is 2.13. The maximum absolute atomic E-state index is 13.5. The maximum atomic E-state index is 13.5. The van der Waals surface area contributed by atoms with Crippen LogP contribution >= 0.6 is 11.3 Å². The van der Waals surface area contributed by atoms with Crippen molar-refractivity contribution < 1.29 is 9.18 Å². The van der Waals surface area contributed by atoms with Crippen LogP contribution in [0.4, 0.5) is 4.39 Å². The monoisotopic (exact) mass is 313 g/mol. The van der Waals surface area contributed by atoms with Gasteiger partial charge in [0.05, 0.1) is 0 Å². The lowest BCUT2D eigenvalue weighted by atomic mass is 10.1. The maximum Gasteiger partial charge on any atom is 0.251 e. The van der Waals surface area contributed by atoms with Gasteiger partial charge in [-0.3, -0.25) is 4.79 Å². The van der Waals surface area contributed by atoms with E-state index in [0.29, 0.717) is 17.7 Å². The minimum atomic E-state index is -0.350. The van der Waals surface area contributed by atoms with Gasteiger partial charge in [0.25, 0.3) is 5.91 Å². The van der Waals surface area contributed by atoms with E-state index >= 15 is 0 Å². The molecule has 0 aliphatic heterocycles. The van der Waals surface area contributed by atoms with Gasteiger partial charge in [0.2, 0.25) is 0 Å². The molecule has 0 unspecified atom stereocenters. The average molecular weight is 313 g/mol. The fourth-order valence-corrected chi connectivity index (χ4v) is 3.37. The van der Waals surface area contributed by atoms with E-state index < -0.39 is 0 Å². The second kappa shape index (κ2) is 6.28. The van der Waals surface area contributed by atoms with Crippen LogP contribution in [-0.2, 0) is 6.42 Å². The van der Waals surface area contributed by atoms with Gasteiger partial charge < -0.3 is 5.32 Å². The first-order chi connectivity index (χ1) is 10.6. The van der Waals surface area contributed by atoms with Crippen LogP contribution in [0.3, 0.4) is 0 Å². The topological polar surface area (TPSA) is 29.1 Å². The summed E-state index contributed by atoms with van der Waals surface area (Å²) >= 11 is 1.71. The van der Waals surface area contributed by atoms with Crippen molar-refractivity contribution in [1.29, 1.82) is 0 Å². The number of halogens is 1. The van der Waals surface area contributed by atoms with E-state index in [-0.39, 0.29) is 11.7 Å². The minimum Gasteiger partial charge on any atom is -0.352 e. The minimum absolute atomic E-state index is 0.238. The molecule has 0 aliphatic carbocycles. The molecule has 3 aromatic rings. The van der Waals surface area contributed by atoms with Crippen molar-refractivity contribution in [2.75, 3.05) is 6.54 Å². The van der Waals surface area contributed by atoms with Gasteiger partial charge in [0.15, 0.2) is 0 Å². The van der Waals surface area contributed by atoms with Crippen molar-refractivity contribution in [3.05, 3.63) is 70.4 Å². The molecule has 1 amide bonds. The molecule has 2 aromatic carbocycles. The molecule has 3 rings (SSSR count). The Kier molecular flexibility index (Phi) is 4.20. The molecule has 1 aromatic heterocycles. The summed E-state index contributed by atoms with van der Waals surface area (Å²) in [6.45, 7) is 2.22. The van der Waals surface area contributed by atoms with Crippen LogP contribution in [0.5, 0.6) is 0 Å². The Bertz CT molecular complexity index is 825. The van der Waals surface area contributed by atoms with E-state index in [1.54, 1.807) is 30.4 Å². The van der Waals surface area contributed by atoms with Crippen molar-refractivity contribution in [3.8, 4) is 0 Å². The van der Waals surface area contributed by atoms with Gasteiger partial charge in [-0.15, -0.1) is 11.3 Å². The zero-order valence-corrected chi connectivity index (χ0v) is 13.0. The number of hydrogen-bond acceptors (Lipinski definition) is 2. The Labute approximate surface area is 132 Å². The first-order valence-electron chi connectivity index (χ1n) is 7.14. The van der Waals surface area contributed by atoms with Gasteiger partial charge in [0.1, 0.15) is 5.82 Å². The molecule has 0 aliphatic rings. The number of carbonyl (C=O) groups is 1. The number of nitrogens with one attached hydrogen (secondary N) is 1. The van der Waals surface area contributed by atoms with Gasteiger partial charge >= 0.3 is 0 Å². The standard InChI is InChI=1S/C18H16FNOS/c1-12-6-7-13(10-16(12)19)18(21)20-9-8-14-11-22-17-5-3-2-4-15(14)17/h2-7,10-11H,8-9H2,1H3,(H,20,21). The molecular weight excluding hydrogens is 297 g/mol. The molecule has 0 bridgehead atoms. The second-order valence-electron chi connectivity index (χ2n) is 5.23. The van der Waals surface area contributed by atoms with Gasteiger partial charge in [-0.1, -0.05) is 24.3 Å². The van der Waals surface area contributed by atoms with Gasteiger partial charge in [0, 0.05) is 16.8 Å². The Morgan fingerprint density at radius 3 is 2.86 bits per heavy atom. The molecule has 112 valence electrons. The largest absolute Gasteiger partial charge is 0.352 e. The Morgan fingerprint density at radius 2 is 2.05 bits per heavy atom. The van der Waals surface area contributed by atoms with E-state index in [2.05, 4.69) is 22.8 Å². The molecule has 0 radical (unpaired) electrons. The number of aryl methyl sites for hydroxylation is 1. The van der Waals surface area contributed by atoms with Gasteiger partial charge in [-0.25, -0.2) is 4.39 Å². The summed E-state index contributed by atoms with van der Waals surface area (Å²) < 4.78 is 14.7. The average Bonchev–Trinajstić information content (AvgIpc) is 2.93. The lowest BCUT2D eigenvalue weighted by molar-refractivity contribution is 0.0953. The summed E-state index contributed by atoms with van der Waals surface area (Å²) in [4.78, 5) is 12.0. The molecule has 4 heteroatoms. The van der Waals surface area contributed by atoms with Gasteiger partial charge in [-0.05, 0) is 53.4 Å². The predicted octanol–water partition coefficient (Wildman–Crippen LogP) is 4.32. The van der Waals surface area contributed by atoms with E-state index in [0.717, 1.165) is 6.42 Å². The first-order valence-corrected chi connectivity index (χ1v) is 8.02. The first kappa shape index (κ1) is 14.7. The van der Waals surface area contributed by atoms with Crippen LogP contribution in [-0.4, -0.2) is 12.5 Å². The Balaban J connectivity index is 1.63. The molecule has 22 heavy (non-hydrogen) atoms. The summed E-state index contributed by atoms with van der Waals surface area (Å²) in [6, 6.07) is 12.8. The lowest BCUT2D eigenvalue weighted by Crippen LogP contribution is -2.25. The van der Waals surface area contributed by atoms with Crippen molar-refractivity contribution in [2.24, 2.45) is 0 Å². The molecule has 1 heterocycles. The highest BCUT2D eigenvalue weighted by atomic mass is 32.1. The fraction of sp³-hybridized carbons (Fsp3) is 0.167. The second-order valence-corrected chi connectivity index (χ2v) is 6.14. The third kappa shape index (κ3) is 3.02. The highest BCUT2D eigenvalue weighted by Gasteiger charge is 2.08. The molecule has 0 fully saturated rings. The Morgan fingerprint density at radius 1 is 1.23 bits per heavy atom. The van der Waals surface area contributed by atoms with Crippen molar-refractivity contribution >= 4 is 27.3 Å². The Hall–Kier alpha value is -2.20. The molecule has 0 atom stereocenters. The van der Waals surface area contributed by atoms with E-state index in [9.17, 15) is 9.18 Å². The fourth-order valence-electron chi connectivity index (χ4n) is 2.37. The number of fused-ring (bicyclic) bond motifs is 1. The third-order valence-corrected chi connectivity index (χ3v) is 4.69. The number of benzene rings is 2. The zero-order chi connectivity index (χ0) is 15.5. The number of carbonyl (C=O) groups excluding carboxylic acids is 1. The van der Waals surface area contributed by atoms with Crippen LogP contribution < -0.4 is 5.32 Å².